The molecule has 0 heterocycles. The summed E-state index contributed by atoms with van der Waals surface area (Å²) in [5, 5.41) is 8.04. The average Bonchev–Trinajstić information content (AvgIpc) is 2.76. The van der Waals surface area contributed by atoms with E-state index in [1.165, 1.54) is 89.2 Å². The van der Waals surface area contributed by atoms with Crippen molar-refractivity contribution < 1.29 is 0 Å². The van der Waals surface area contributed by atoms with Gasteiger partial charge in [0.25, 0.3) is 0 Å². The lowest BCUT2D eigenvalue weighted by molar-refractivity contribution is 0.535. The van der Waals surface area contributed by atoms with Crippen molar-refractivity contribution in [3.8, 4) is 0 Å². The highest BCUT2D eigenvalue weighted by molar-refractivity contribution is 7.80. The standard InChI is InChI=1S/C26H46N4S/c1-4-5-6-7-8-9-10-11-12-13-14-15-16-17-22-27-26(31)29-28-23-24-18-20-25(21-19-24)30(2)3/h18-21,23H,4-17,22H2,1-3H3,(H2,27,29,31)/b28-23+. The number of nitrogens with one attached hydrogen (secondary N) is 2. The Bertz CT molecular complexity index is 584. The zero-order valence-electron chi connectivity index (χ0n) is 20.3. The number of hydrogen-bond acceptors (Lipinski definition) is 3. The van der Waals surface area contributed by atoms with E-state index < -0.39 is 0 Å². The quantitative estimate of drug-likeness (QED) is 0.110. The van der Waals surface area contributed by atoms with Gasteiger partial charge in [0, 0.05) is 26.3 Å². The van der Waals surface area contributed by atoms with Gasteiger partial charge in [0.05, 0.1) is 6.21 Å². The summed E-state index contributed by atoms with van der Waals surface area (Å²) in [5.41, 5.74) is 5.12. The van der Waals surface area contributed by atoms with Crippen LogP contribution in [-0.2, 0) is 0 Å². The van der Waals surface area contributed by atoms with Crippen molar-refractivity contribution in [1.82, 2.24) is 10.7 Å². The number of anilines is 1. The molecule has 0 aromatic heterocycles. The molecule has 0 aliphatic rings. The topological polar surface area (TPSA) is 39.7 Å². The van der Waals surface area contributed by atoms with Gasteiger partial charge in [0.1, 0.15) is 0 Å². The van der Waals surface area contributed by atoms with E-state index in [0.717, 1.165) is 18.5 Å². The fourth-order valence-electron chi connectivity index (χ4n) is 3.58. The lowest BCUT2D eigenvalue weighted by Gasteiger charge is -2.11. The summed E-state index contributed by atoms with van der Waals surface area (Å²) in [6, 6.07) is 8.25. The second-order valence-electron chi connectivity index (χ2n) is 8.71. The van der Waals surface area contributed by atoms with Gasteiger partial charge >= 0.3 is 0 Å². The molecule has 0 radical (unpaired) electrons. The molecule has 0 aliphatic carbocycles. The maximum absolute atomic E-state index is 5.28. The zero-order chi connectivity index (χ0) is 22.6. The lowest BCUT2D eigenvalue weighted by atomic mass is 10.0. The van der Waals surface area contributed by atoms with Gasteiger partial charge < -0.3 is 10.2 Å². The van der Waals surface area contributed by atoms with Crippen molar-refractivity contribution in [2.75, 3.05) is 25.5 Å². The molecule has 0 bridgehead atoms. The number of thiocarbonyl (C=S) groups is 1. The number of nitrogens with zero attached hydrogens (tertiary/aromatic N) is 2. The highest BCUT2D eigenvalue weighted by atomic mass is 32.1. The first-order chi connectivity index (χ1) is 15.1. The molecule has 4 nitrogen and oxygen atoms in total. The molecule has 0 unspecified atom stereocenters. The summed E-state index contributed by atoms with van der Waals surface area (Å²) >= 11 is 5.28. The van der Waals surface area contributed by atoms with Crippen LogP contribution in [0.3, 0.4) is 0 Å². The van der Waals surface area contributed by atoms with E-state index in [0.29, 0.717) is 5.11 Å². The molecule has 0 saturated heterocycles. The smallest absolute Gasteiger partial charge is 0.186 e. The summed E-state index contributed by atoms with van der Waals surface area (Å²) in [6.45, 7) is 3.20. The molecule has 5 heteroatoms. The van der Waals surface area contributed by atoms with Crippen LogP contribution in [0.1, 0.15) is 102 Å². The summed E-state index contributed by atoms with van der Waals surface area (Å²) in [6.07, 6.45) is 21.1. The van der Waals surface area contributed by atoms with E-state index in [9.17, 15) is 0 Å². The Morgan fingerprint density at radius 1 is 0.806 bits per heavy atom. The van der Waals surface area contributed by atoms with E-state index in [4.69, 9.17) is 12.2 Å². The molecule has 0 fully saturated rings. The fourth-order valence-corrected chi connectivity index (χ4v) is 3.74. The Morgan fingerprint density at radius 2 is 1.29 bits per heavy atom. The zero-order valence-corrected chi connectivity index (χ0v) is 21.1. The van der Waals surface area contributed by atoms with Crippen LogP contribution in [0, 0.1) is 0 Å². The van der Waals surface area contributed by atoms with Crippen molar-refractivity contribution in [2.45, 2.75) is 96.8 Å². The number of rotatable bonds is 18. The Balaban J connectivity index is 1.89. The van der Waals surface area contributed by atoms with E-state index >= 15 is 0 Å². The van der Waals surface area contributed by atoms with Gasteiger partial charge in [0.15, 0.2) is 5.11 Å². The molecule has 0 amide bonds. The molecule has 31 heavy (non-hydrogen) atoms. The summed E-state index contributed by atoms with van der Waals surface area (Å²) in [4.78, 5) is 2.08. The molecule has 1 aromatic rings. The minimum atomic E-state index is 0.593. The van der Waals surface area contributed by atoms with E-state index in [-0.39, 0.29) is 0 Å². The maximum Gasteiger partial charge on any atom is 0.186 e. The van der Waals surface area contributed by atoms with E-state index in [1.54, 1.807) is 6.21 Å². The number of benzene rings is 1. The Labute approximate surface area is 197 Å². The van der Waals surface area contributed by atoms with Gasteiger partial charge in [-0.05, 0) is 36.3 Å². The third kappa shape index (κ3) is 15.8. The maximum atomic E-state index is 5.28. The third-order valence-corrected chi connectivity index (χ3v) is 5.84. The van der Waals surface area contributed by atoms with Crippen molar-refractivity contribution in [1.29, 1.82) is 0 Å². The Hall–Kier alpha value is -1.62. The van der Waals surface area contributed by atoms with Crippen LogP contribution >= 0.6 is 12.2 Å². The minimum Gasteiger partial charge on any atom is -0.378 e. The second-order valence-corrected chi connectivity index (χ2v) is 9.12. The van der Waals surface area contributed by atoms with Gasteiger partial charge in [-0.25, -0.2) is 0 Å². The molecule has 0 atom stereocenters. The van der Waals surface area contributed by atoms with E-state index in [2.05, 4.69) is 39.8 Å². The molecule has 0 saturated carbocycles. The number of hydrogen-bond donors (Lipinski definition) is 2. The first-order valence-corrected chi connectivity index (χ1v) is 12.9. The molecule has 0 aliphatic heterocycles. The van der Waals surface area contributed by atoms with Crippen molar-refractivity contribution in [3.05, 3.63) is 29.8 Å². The van der Waals surface area contributed by atoms with Crippen LogP contribution in [0.15, 0.2) is 29.4 Å². The average molecular weight is 447 g/mol. The van der Waals surface area contributed by atoms with Crippen LogP contribution < -0.4 is 15.6 Å². The molecular weight excluding hydrogens is 400 g/mol. The molecule has 1 aromatic carbocycles. The minimum absolute atomic E-state index is 0.593. The molecule has 176 valence electrons. The molecular formula is C26H46N4S. The van der Waals surface area contributed by atoms with Crippen molar-refractivity contribution >= 4 is 29.2 Å². The Morgan fingerprint density at radius 3 is 1.77 bits per heavy atom. The highest BCUT2D eigenvalue weighted by Crippen LogP contribution is 2.13. The molecule has 1 rings (SSSR count). The SMILES string of the molecule is CCCCCCCCCCCCCCCCNC(=S)N/N=C/c1ccc(N(C)C)cc1. The molecule has 2 N–H and O–H groups in total. The summed E-state index contributed by atoms with van der Waals surface area (Å²) < 4.78 is 0. The highest BCUT2D eigenvalue weighted by Gasteiger charge is 1.97. The van der Waals surface area contributed by atoms with E-state index in [1.807, 2.05) is 26.2 Å². The third-order valence-electron chi connectivity index (χ3n) is 5.61. The predicted octanol–water partition coefficient (Wildman–Crippen LogP) is 7.03. The Kier molecular flexibility index (Phi) is 16.9. The van der Waals surface area contributed by atoms with Gasteiger partial charge in [-0.3, -0.25) is 5.43 Å². The van der Waals surface area contributed by atoms with Crippen LogP contribution in [-0.4, -0.2) is 32.0 Å². The summed E-state index contributed by atoms with van der Waals surface area (Å²) in [5.74, 6) is 0. The normalized spacial score (nSPS) is 11.1. The first kappa shape index (κ1) is 27.4. The number of hydrazone groups is 1. The monoisotopic (exact) mass is 446 g/mol. The summed E-state index contributed by atoms with van der Waals surface area (Å²) in [7, 11) is 4.07. The van der Waals surface area contributed by atoms with Crippen molar-refractivity contribution in [2.24, 2.45) is 5.10 Å². The second kappa shape index (κ2) is 19.1. The van der Waals surface area contributed by atoms with Crippen LogP contribution in [0.5, 0.6) is 0 Å². The van der Waals surface area contributed by atoms with Crippen LogP contribution in [0.25, 0.3) is 0 Å². The first-order valence-electron chi connectivity index (χ1n) is 12.5. The van der Waals surface area contributed by atoms with Crippen LogP contribution in [0.4, 0.5) is 5.69 Å². The molecule has 0 spiro atoms. The lowest BCUT2D eigenvalue weighted by Crippen LogP contribution is -2.32. The predicted molar refractivity (Wildman–Crippen MR) is 142 cm³/mol. The van der Waals surface area contributed by atoms with Crippen LogP contribution in [0.2, 0.25) is 0 Å². The number of unbranched alkanes of at least 4 members (excludes halogenated alkanes) is 13. The van der Waals surface area contributed by atoms with Crippen molar-refractivity contribution in [3.63, 3.8) is 0 Å². The van der Waals surface area contributed by atoms with Gasteiger partial charge in [-0.15, -0.1) is 0 Å². The van der Waals surface area contributed by atoms with Gasteiger partial charge in [-0.1, -0.05) is 103 Å². The fraction of sp³-hybridized carbons (Fsp3) is 0.692. The largest absolute Gasteiger partial charge is 0.378 e. The van der Waals surface area contributed by atoms with Gasteiger partial charge in [-0.2, -0.15) is 5.10 Å². The van der Waals surface area contributed by atoms with Gasteiger partial charge in [0.2, 0.25) is 0 Å².